The quantitative estimate of drug-likeness (QED) is 0.818. The molecule has 1 amide bonds. The fraction of sp³-hybridized carbons (Fsp3) is 0.571. The third-order valence-corrected chi connectivity index (χ3v) is 3.47. The van der Waals surface area contributed by atoms with Crippen molar-refractivity contribution in [3.63, 3.8) is 0 Å². The Labute approximate surface area is 108 Å². The standard InChI is InChI=1S/C14H20N2O2/c1-16(8-4-12-5-9-18-10-6-12)14(17)13-3-2-7-15-11-13/h2-3,7,11-12H,4-6,8-10H2,1H3. The first kappa shape index (κ1) is 13.0. The lowest BCUT2D eigenvalue weighted by atomic mass is 9.96. The highest BCUT2D eigenvalue weighted by Gasteiger charge is 2.16. The van der Waals surface area contributed by atoms with Crippen LogP contribution in [-0.4, -0.2) is 42.6 Å². The van der Waals surface area contributed by atoms with Crippen LogP contribution in [0.4, 0.5) is 0 Å². The van der Waals surface area contributed by atoms with Crippen LogP contribution in [0, 0.1) is 5.92 Å². The molecule has 1 aromatic rings. The first-order chi connectivity index (χ1) is 8.77. The number of aromatic nitrogens is 1. The fourth-order valence-electron chi connectivity index (χ4n) is 2.22. The number of pyridine rings is 1. The molecule has 0 aliphatic carbocycles. The van der Waals surface area contributed by atoms with Gasteiger partial charge in [-0.15, -0.1) is 0 Å². The monoisotopic (exact) mass is 248 g/mol. The molecular weight excluding hydrogens is 228 g/mol. The topological polar surface area (TPSA) is 42.4 Å². The summed E-state index contributed by atoms with van der Waals surface area (Å²) in [4.78, 5) is 17.8. The smallest absolute Gasteiger partial charge is 0.255 e. The second kappa shape index (κ2) is 6.50. The summed E-state index contributed by atoms with van der Waals surface area (Å²) in [6, 6.07) is 3.60. The number of rotatable bonds is 4. The molecule has 0 N–H and O–H groups in total. The van der Waals surface area contributed by atoms with Crippen molar-refractivity contribution >= 4 is 5.91 Å². The van der Waals surface area contributed by atoms with Crippen LogP contribution < -0.4 is 0 Å². The number of carbonyl (C=O) groups excluding carboxylic acids is 1. The molecule has 2 heterocycles. The molecule has 4 nitrogen and oxygen atoms in total. The van der Waals surface area contributed by atoms with E-state index in [1.165, 1.54) is 0 Å². The third kappa shape index (κ3) is 3.53. The number of hydrogen-bond acceptors (Lipinski definition) is 3. The summed E-state index contributed by atoms with van der Waals surface area (Å²) in [7, 11) is 1.86. The van der Waals surface area contributed by atoms with Gasteiger partial charge in [-0.2, -0.15) is 0 Å². The average molecular weight is 248 g/mol. The van der Waals surface area contributed by atoms with Gasteiger partial charge >= 0.3 is 0 Å². The summed E-state index contributed by atoms with van der Waals surface area (Å²) in [5.41, 5.74) is 0.659. The molecule has 98 valence electrons. The SMILES string of the molecule is CN(CCC1CCOCC1)C(=O)c1cccnc1. The number of amides is 1. The second-order valence-electron chi connectivity index (χ2n) is 4.81. The maximum atomic E-state index is 12.1. The average Bonchev–Trinajstić information content (AvgIpc) is 2.46. The Balaban J connectivity index is 1.80. The number of nitrogens with zero attached hydrogens (tertiary/aromatic N) is 2. The Morgan fingerprint density at radius 1 is 1.50 bits per heavy atom. The van der Waals surface area contributed by atoms with E-state index < -0.39 is 0 Å². The molecule has 18 heavy (non-hydrogen) atoms. The minimum Gasteiger partial charge on any atom is -0.381 e. The highest BCUT2D eigenvalue weighted by atomic mass is 16.5. The molecule has 2 rings (SSSR count). The first-order valence-corrected chi connectivity index (χ1v) is 6.50. The second-order valence-corrected chi connectivity index (χ2v) is 4.81. The van der Waals surface area contributed by atoms with Crippen LogP contribution in [0.2, 0.25) is 0 Å². The lowest BCUT2D eigenvalue weighted by molar-refractivity contribution is 0.0583. The van der Waals surface area contributed by atoms with E-state index in [1.807, 2.05) is 7.05 Å². The highest BCUT2D eigenvalue weighted by molar-refractivity contribution is 5.93. The molecule has 0 bridgehead atoms. The van der Waals surface area contributed by atoms with E-state index in [1.54, 1.807) is 29.4 Å². The molecular formula is C14H20N2O2. The van der Waals surface area contributed by atoms with Crippen LogP contribution in [0.25, 0.3) is 0 Å². The molecule has 0 atom stereocenters. The molecule has 0 radical (unpaired) electrons. The summed E-state index contributed by atoms with van der Waals surface area (Å²) in [6.45, 7) is 2.54. The van der Waals surface area contributed by atoms with Crippen molar-refractivity contribution < 1.29 is 9.53 Å². The molecule has 4 heteroatoms. The van der Waals surface area contributed by atoms with Gasteiger partial charge in [-0.25, -0.2) is 0 Å². The molecule has 1 aliphatic rings. The number of ether oxygens (including phenoxy) is 1. The van der Waals surface area contributed by atoms with Crippen molar-refractivity contribution in [3.05, 3.63) is 30.1 Å². The first-order valence-electron chi connectivity index (χ1n) is 6.50. The zero-order valence-electron chi connectivity index (χ0n) is 10.8. The van der Waals surface area contributed by atoms with Crippen molar-refractivity contribution in [2.45, 2.75) is 19.3 Å². The van der Waals surface area contributed by atoms with Gasteiger partial charge in [0.25, 0.3) is 5.91 Å². The Morgan fingerprint density at radius 3 is 2.94 bits per heavy atom. The summed E-state index contributed by atoms with van der Waals surface area (Å²) in [6.07, 6.45) is 6.60. The van der Waals surface area contributed by atoms with Gasteiger partial charge in [0.15, 0.2) is 0 Å². The van der Waals surface area contributed by atoms with Crippen molar-refractivity contribution in [2.75, 3.05) is 26.8 Å². The van der Waals surface area contributed by atoms with Crippen molar-refractivity contribution in [3.8, 4) is 0 Å². The molecule has 0 unspecified atom stereocenters. The molecule has 1 fully saturated rings. The molecule has 0 aromatic carbocycles. The van der Waals surface area contributed by atoms with Crippen molar-refractivity contribution in [2.24, 2.45) is 5.92 Å². The molecule has 1 saturated heterocycles. The van der Waals surface area contributed by atoms with Gasteiger partial charge < -0.3 is 9.64 Å². The summed E-state index contributed by atoms with van der Waals surface area (Å²) in [5.74, 6) is 0.748. The number of carbonyl (C=O) groups is 1. The molecule has 1 aromatic heterocycles. The van der Waals surface area contributed by atoms with Gasteiger partial charge in [0.1, 0.15) is 0 Å². The van der Waals surface area contributed by atoms with Crippen LogP contribution in [0.1, 0.15) is 29.6 Å². The Bertz CT molecular complexity index is 375. The zero-order chi connectivity index (χ0) is 12.8. The molecule has 0 saturated carbocycles. The Hall–Kier alpha value is -1.42. The number of hydrogen-bond donors (Lipinski definition) is 0. The zero-order valence-corrected chi connectivity index (χ0v) is 10.8. The predicted molar refractivity (Wildman–Crippen MR) is 69.4 cm³/mol. The fourth-order valence-corrected chi connectivity index (χ4v) is 2.22. The maximum Gasteiger partial charge on any atom is 0.255 e. The lowest BCUT2D eigenvalue weighted by Gasteiger charge is -2.24. The minimum atomic E-state index is 0.0511. The van der Waals surface area contributed by atoms with E-state index in [0.29, 0.717) is 11.5 Å². The Kier molecular flexibility index (Phi) is 4.70. The summed E-state index contributed by atoms with van der Waals surface area (Å²) < 4.78 is 5.33. The van der Waals surface area contributed by atoms with Gasteiger partial charge in [-0.1, -0.05) is 0 Å². The van der Waals surface area contributed by atoms with Crippen molar-refractivity contribution in [1.82, 2.24) is 9.88 Å². The normalized spacial score (nSPS) is 16.5. The van der Waals surface area contributed by atoms with Crippen LogP contribution in [0.15, 0.2) is 24.5 Å². The van der Waals surface area contributed by atoms with Crippen LogP contribution >= 0.6 is 0 Å². The molecule has 1 aliphatic heterocycles. The van der Waals surface area contributed by atoms with Gasteiger partial charge in [0.05, 0.1) is 5.56 Å². The van der Waals surface area contributed by atoms with E-state index in [9.17, 15) is 4.79 Å². The highest BCUT2D eigenvalue weighted by Crippen LogP contribution is 2.18. The van der Waals surface area contributed by atoms with Crippen LogP contribution in [0.3, 0.4) is 0 Å². The summed E-state index contributed by atoms with van der Waals surface area (Å²) in [5, 5.41) is 0. The van der Waals surface area contributed by atoms with Gasteiger partial charge in [-0.05, 0) is 37.3 Å². The minimum absolute atomic E-state index is 0.0511. The summed E-state index contributed by atoms with van der Waals surface area (Å²) >= 11 is 0. The van der Waals surface area contributed by atoms with E-state index >= 15 is 0 Å². The van der Waals surface area contributed by atoms with Gasteiger partial charge in [-0.3, -0.25) is 9.78 Å². The van der Waals surface area contributed by atoms with Crippen LogP contribution in [-0.2, 0) is 4.74 Å². The van der Waals surface area contributed by atoms with Crippen LogP contribution in [0.5, 0.6) is 0 Å². The maximum absolute atomic E-state index is 12.1. The van der Waals surface area contributed by atoms with E-state index in [-0.39, 0.29) is 5.91 Å². The largest absolute Gasteiger partial charge is 0.381 e. The van der Waals surface area contributed by atoms with E-state index in [2.05, 4.69) is 4.98 Å². The third-order valence-electron chi connectivity index (χ3n) is 3.47. The van der Waals surface area contributed by atoms with Crippen molar-refractivity contribution in [1.29, 1.82) is 0 Å². The van der Waals surface area contributed by atoms with Gasteiger partial charge in [0, 0.05) is 39.2 Å². The Morgan fingerprint density at radius 2 is 2.28 bits per heavy atom. The van der Waals surface area contributed by atoms with E-state index in [4.69, 9.17) is 4.74 Å². The van der Waals surface area contributed by atoms with Gasteiger partial charge in [0.2, 0.25) is 0 Å². The predicted octanol–water partition coefficient (Wildman–Crippen LogP) is 1.97. The lowest BCUT2D eigenvalue weighted by Crippen LogP contribution is -2.30. The van der Waals surface area contributed by atoms with E-state index in [0.717, 1.165) is 39.0 Å². The molecule has 0 spiro atoms.